The van der Waals surface area contributed by atoms with Gasteiger partial charge in [0.15, 0.2) is 12.6 Å². The predicted molar refractivity (Wildman–Crippen MR) is 121 cm³/mol. The number of amides is 1. The number of hydrogen-bond acceptors (Lipinski definition) is 10. The number of rotatable bonds is 11. The Kier molecular flexibility index (Phi) is 7.91. The molecule has 1 saturated heterocycles. The number of aromatic nitrogens is 3. The van der Waals surface area contributed by atoms with E-state index in [-0.39, 0.29) is 25.4 Å². The first kappa shape index (κ1) is 25.0. The van der Waals surface area contributed by atoms with Gasteiger partial charge in [-0.1, -0.05) is 48.5 Å². The zero-order valence-corrected chi connectivity index (χ0v) is 19.4. The minimum Gasteiger partial charge on any atom is -0.481 e. The normalized spacial score (nSPS) is 23.6. The molecule has 186 valence electrons. The van der Waals surface area contributed by atoms with Gasteiger partial charge in [0.2, 0.25) is 5.82 Å². The molecule has 0 spiro atoms. The number of nitrogens with zero attached hydrogens (tertiary/aromatic N) is 3. The van der Waals surface area contributed by atoms with Crippen LogP contribution in [0.2, 0.25) is 0 Å². The summed E-state index contributed by atoms with van der Waals surface area (Å²) >= 11 is 0. The fourth-order valence-electron chi connectivity index (χ4n) is 3.31. The Bertz CT molecular complexity index is 1120. The van der Waals surface area contributed by atoms with Gasteiger partial charge in [-0.25, -0.2) is 9.67 Å². The van der Waals surface area contributed by atoms with E-state index in [2.05, 4.69) is 10.1 Å². The van der Waals surface area contributed by atoms with Gasteiger partial charge in [-0.3, -0.25) is 9.36 Å². The highest BCUT2D eigenvalue weighted by Crippen LogP contribution is 2.49. The first-order chi connectivity index (χ1) is 16.8. The van der Waals surface area contributed by atoms with Crippen LogP contribution in [0.4, 0.5) is 0 Å². The molecule has 1 aliphatic rings. The molecule has 1 fully saturated rings. The van der Waals surface area contributed by atoms with Crippen LogP contribution in [0.15, 0.2) is 67.0 Å². The predicted octanol–water partition coefficient (Wildman–Crippen LogP) is 1.46. The Hall–Kier alpha value is -3.12. The molecule has 0 bridgehead atoms. The molecule has 1 amide bonds. The summed E-state index contributed by atoms with van der Waals surface area (Å²) < 4.78 is 37.0. The molecular formula is C22H25N4O8P. The van der Waals surface area contributed by atoms with Gasteiger partial charge in [0.05, 0.1) is 13.2 Å². The van der Waals surface area contributed by atoms with Crippen molar-refractivity contribution in [2.75, 3.05) is 13.0 Å². The van der Waals surface area contributed by atoms with Crippen LogP contribution in [0, 0.1) is 0 Å². The van der Waals surface area contributed by atoms with E-state index in [0.717, 1.165) is 16.6 Å². The third-order valence-corrected chi connectivity index (χ3v) is 6.68. The topological polar surface area (TPSA) is 168 Å². The summed E-state index contributed by atoms with van der Waals surface area (Å²) in [7, 11) is -3.84. The molecule has 12 nitrogen and oxygen atoms in total. The average molecular weight is 504 g/mol. The van der Waals surface area contributed by atoms with Gasteiger partial charge in [0, 0.05) is 0 Å². The number of carbonyl (C=O) groups is 1. The maximum Gasteiger partial charge on any atom is 0.368 e. The van der Waals surface area contributed by atoms with Gasteiger partial charge < -0.3 is 34.5 Å². The van der Waals surface area contributed by atoms with E-state index in [1.54, 1.807) is 24.3 Å². The Labute approximate surface area is 200 Å². The second-order valence-corrected chi connectivity index (χ2v) is 9.71. The first-order valence-electron chi connectivity index (χ1n) is 10.7. The molecule has 13 heteroatoms. The number of nitrogens with two attached hydrogens (primary N) is 1. The number of benzene rings is 2. The van der Waals surface area contributed by atoms with Crippen LogP contribution in [0.5, 0.6) is 5.75 Å². The van der Waals surface area contributed by atoms with Crippen LogP contribution < -0.4 is 10.5 Å². The van der Waals surface area contributed by atoms with Crippen molar-refractivity contribution in [3.05, 3.63) is 78.4 Å². The van der Waals surface area contributed by atoms with Gasteiger partial charge in [-0.05, 0) is 17.7 Å². The number of primary amides is 1. The van der Waals surface area contributed by atoms with E-state index in [9.17, 15) is 19.6 Å². The molecule has 5 atom stereocenters. The molecule has 4 unspecified atom stereocenters. The number of hydrogen-bond donors (Lipinski definition) is 3. The Morgan fingerprint density at radius 3 is 2.40 bits per heavy atom. The smallest absolute Gasteiger partial charge is 0.368 e. The lowest BCUT2D eigenvalue weighted by atomic mass is 10.1. The van der Waals surface area contributed by atoms with Crippen LogP contribution in [0.3, 0.4) is 0 Å². The number of ether oxygens (including phenoxy) is 2. The highest BCUT2D eigenvalue weighted by Gasteiger charge is 2.45. The highest BCUT2D eigenvalue weighted by molar-refractivity contribution is 7.53. The third-order valence-electron chi connectivity index (χ3n) is 5.17. The van der Waals surface area contributed by atoms with Crippen molar-refractivity contribution in [1.29, 1.82) is 0 Å². The maximum atomic E-state index is 13.5. The van der Waals surface area contributed by atoms with E-state index in [1.807, 2.05) is 36.4 Å². The van der Waals surface area contributed by atoms with Gasteiger partial charge in [0.25, 0.3) is 5.91 Å². The van der Waals surface area contributed by atoms with Crippen LogP contribution in [-0.2, 0) is 25.0 Å². The third kappa shape index (κ3) is 6.31. The molecule has 0 saturated carbocycles. The second-order valence-electron chi connectivity index (χ2n) is 7.71. The van der Waals surface area contributed by atoms with Crippen molar-refractivity contribution in [3.63, 3.8) is 0 Å². The maximum absolute atomic E-state index is 13.5. The molecule has 35 heavy (non-hydrogen) atoms. The Morgan fingerprint density at radius 1 is 1.06 bits per heavy atom. The fourth-order valence-corrected chi connectivity index (χ4v) is 4.56. The summed E-state index contributed by atoms with van der Waals surface area (Å²) in [6, 6.07) is 17.9. The molecule has 3 aromatic rings. The van der Waals surface area contributed by atoms with Gasteiger partial charge >= 0.3 is 7.60 Å². The molecular weight excluding hydrogens is 479 g/mol. The molecule has 2 heterocycles. The summed E-state index contributed by atoms with van der Waals surface area (Å²) in [6.45, 7) is -0.374. The molecule has 4 rings (SSSR count). The lowest BCUT2D eigenvalue weighted by Crippen LogP contribution is -2.34. The van der Waals surface area contributed by atoms with Crippen LogP contribution in [0.1, 0.15) is 22.4 Å². The van der Waals surface area contributed by atoms with E-state index in [4.69, 9.17) is 24.3 Å². The lowest BCUT2D eigenvalue weighted by molar-refractivity contribution is -0.0574. The largest absolute Gasteiger partial charge is 0.481 e. The van der Waals surface area contributed by atoms with Crippen molar-refractivity contribution >= 4 is 13.5 Å². The molecule has 0 aliphatic carbocycles. The van der Waals surface area contributed by atoms with Crippen LogP contribution in [0.25, 0.3) is 0 Å². The number of para-hydroxylation sites is 1. The van der Waals surface area contributed by atoms with Crippen LogP contribution >= 0.6 is 7.60 Å². The molecule has 4 N–H and O–H groups in total. The average Bonchev–Trinajstić information content (AvgIpc) is 3.47. The zero-order valence-electron chi connectivity index (χ0n) is 18.5. The first-order valence-corrected chi connectivity index (χ1v) is 12.4. The summed E-state index contributed by atoms with van der Waals surface area (Å²) in [5.74, 6) is -0.651. The number of aliphatic hydroxyl groups excluding tert-OH is 2. The Morgan fingerprint density at radius 2 is 1.74 bits per heavy atom. The standard InChI is InChI=1S/C22H25N4O8P/c23-20(29)21-24-13-26(25-21)22-19(28)18(27)17(34-22)12-33-35(30,14-31-16-9-5-2-6-10-16)32-11-15-7-3-1-4-8-15/h1-10,13,17-19,22,27-28H,11-12,14H2,(H2,23,29)/t17?,18-,19?,22?,35?/m1/s1. The van der Waals surface area contributed by atoms with Gasteiger partial charge in [-0.2, -0.15) is 0 Å². The van der Waals surface area contributed by atoms with Crippen molar-refractivity contribution in [2.24, 2.45) is 5.73 Å². The molecule has 2 aromatic carbocycles. The van der Waals surface area contributed by atoms with Gasteiger partial charge in [0.1, 0.15) is 30.4 Å². The number of carbonyl (C=O) groups excluding carboxylic acids is 1. The van der Waals surface area contributed by atoms with Crippen LogP contribution in [-0.4, -0.2) is 62.2 Å². The molecule has 0 radical (unpaired) electrons. The van der Waals surface area contributed by atoms with Crippen molar-refractivity contribution < 1.29 is 38.1 Å². The van der Waals surface area contributed by atoms with Crippen molar-refractivity contribution in [1.82, 2.24) is 14.8 Å². The van der Waals surface area contributed by atoms with Crippen molar-refractivity contribution in [2.45, 2.75) is 31.1 Å². The monoisotopic (exact) mass is 504 g/mol. The zero-order chi connectivity index (χ0) is 24.8. The number of aliphatic hydroxyl groups is 2. The Balaban J connectivity index is 1.42. The highest BCUT2D eigenvalue weighted by atomic mass is 31.2. The minimum atomic E-state index is -3.84. The molecule has 1 aromatic heterocycles. The minimum absolute atomic E-state index is 0.00441. The second kappa shape index (κ2) is 11.1. The van der Waals surface area contributed by atoms with E-state index in [0.29, 0.717) is 5.75 Å². The lowest BCUT2D eigenvalue weighted by Gasteiger charge is -2.22. The van der Waals surface area contributed by atoms with E-state index < -0.39 is 38.0 Å². The summed E-state index contributed by atoms with van der Waals surface area (Å²) in [5, 5.41) is 24.7. The van der Waals surface area contributed by atoms with Crippen molar-refractivity contribution in [3.8, 4) is 5.75 Å². The van der Waals surface area contributed by atoms with E-state index in [1.165, 1.54) is 0 Å². The molecule has 1 aliphatic heterocycles. The quantitative estimate of drug-likeness (QED) is 0.325. The summed E-state index contributed by atoms with van der Waals surface area (Å²) in [4.78, 5) is 15.0. The summed E-state index contributed by atoms with van der Waals surface area (Å²) in [6.07, 6.45) is -4.31. The summed E-state index contributed by atoms with van der Waals surface area (Å²) in [5.41, 5.74) is 5.92. The fraction of sp³-hybridized carbons (Fsp3) is 0.318. The van der Waals surface area contributed by atoms with E-state index >= 15 is 0 Å². The van der Waals surface area contributed by atoms with Gasteiger partial charge in [-0.15, -0.1) is 5.10 Å². The SMILES string of the molecule is NC(=O)c1ncn(C2OC(COP(=O)(COc3ccccc3)OCc3ccccc3)[C@@H](O)C2O)n1.